The highest BCUT2D eigenvalue weighted by Crippen LogP contribution is 2.32. The van der Waals surface area contributed by atoms with Crippen LogP contribution in [-0.4, -0.2) is 37.5 Å². The summed E-state index contributed by atoms with van der Waals surface area (Å²) in [5.74, 6) is -0.650. The van der Waals surface area contributed by atoms with E-state index in [1.54, 1.807) is 19.2 Å². The number of hydrogen-bond donors (Lipinski definition) is 1. The maximum absolute atomic E-state index is 14.5. The van der Waals surface area contributed by atoms with E-state index in [0.717, 1.165) is 6.39 Å². The van der Waals surface area contributed by atoms with E-state index in [4.69, 9.17) is 10.2 Å². The number of hydrogen-bond acceptors (Lipinski definition) is 6. The lowest BCUT2D eigenvalue weighted by atomic mass is 9.98. The molecule has 0 fully saturated rings. The number of nitrogens with zero attached hydrogens (tertiary/aromatic N) is 4. The molecule has 1 aliphatic heterocycles. The molecule has 0 aliphatic carbocycles. The summed E-state index contributed by atoms with van der Waals surface area (Å²) in [6, 6.07) is 7.93. The second-order valence-electron chi connectivity index (χ2n) is 6.20. The molecule has 144 valence electrons. The Morgan fingerprint density at radius 3 is 2.68 bits per heavy atom. The van der Waals surface area contributed by atoms with Crippen LogP contribution in [0.4, 0.5) is 8.78 Å². The van der Waals surface area contributed by atoms with Crippen LogP contribution < -0.4 is 5.73 Å². The number of aliphatic imine (C=N–C) groups is 1. The third-order valence-electron chi connectivity index (χ3n) is 4.41. The molecule has 2 N–H and O–H groups in total. The van der Waals surface area contributed by atoms with Crippen molar-refractivity contribution in [2.75, 3.05) is 12.8 Å². The summed E-state index contributed by atoms with van der Waals surface area (Å²) in [4.78, 5) is 4.24. The fraction of sp³-hybridized carbons (Fsp3) is 0.167. The van der Waals surface area contributed by atoms with Gasteiger partial charge in [0.1, 0.15) is 22.6 Å². The number of rotatable bonds is 3. The molecular weight excluding hydrogens is 388 g/mol. The predicted molar refractivity (Wildman–Crippen MR) is 100 cm³/mol. The molecule has 1 aliphatic rings. The molecule has 1 aromatic heterocycles. The van der Waals surface area contributed by atoms with Crippen LogP contribution in [0.1, 0.15) is 11.6 Å². The smallest absolute Gasteiger partial charge is 0.247 e. The Bertz CT molecular complexity index is 1090. The molecule has 7 nitrogen and oxygen atoms in total. The number of nitrogens with two attached hydrogens (primary N) is 1. The fourth-order valence-electron chi connectivity index (χ4n) is 2.95. The van der Waals surface area contributed by atoms with Gasteiger partial charge in [0.15, 0.2) is 0 Å². The summed E-state index contributed by atoms with van der Waals surface area (Å²) in [5, 5.41) is 7.37. The van der Waals surface area contributed by atoms with Crippen LogP contribution in [0.25, 0.3) is 22.6 Å². The van der Waals surface area contributed by atoms with Gasteiger partial charge in [-0.25, -0.2) is 18.0 Å². The van der Waals surface area contributed by atoms with Crippen LogP contribution in [0, 0.1) is 11.6 Å². The molecule has 2 aromatic carbocycles. The van der Waals surface area contributed by atoms with Gasteiger partial charge >= 0.3 is 0 Å². The van der Waals surface area contributed by atoms with Gasteiger partial charge in [-0.2, -0.15) is 0 Å². The SMILES string of the molecule is CN1C(N)=NC(c2cc(-c3cc(F)cc(-c4nnco4)c3)ccc2F)CS1=O. The van der Waals surface area contributed by atoms with E-state index in [0.29, 0.717) is 16.7 Å². The predicted octanol–water partition coefficient (Wildman–Crippen LogP) is 2.65. The Labute approximate surface area is 161 Å². The normalized spacial score (nSPS) is 19.5. The topological polar surface area (TPSA) is 97.6 Å². The highest BCUT2D eigenvalue weighted by Gasteiger charge is 2.27. The minimum Gasteiger partial charge on any atom is -0.423 e. The van der Waals surface area contributed by atoms with Crippen molar-refractivity contribution in [2.24, 2.45) is 10.7 Å². The Hall–Kier alpha value is -3.14. The molecule has 10 heteroatoms. The molecule has 0 bridgehead atoms. The summed E-state index contributed by atoms with van der Waals surface area (Å²) < 4.78 is 47.2. The van der Waals surface area contributed by atoms with E-state index in [1.165, 1.54) is 28.6 Å². The molecule has 0 saturated carbocycles. The number of benzene rings is 2. The summed E-state index contributed by atoms with van der Waals surface area (Å²) >= 11 is 0. The van der Waals surface area contributed by atoms with Gasteiger partial charge in [0.2, 0.25) is 18.2 Å². The zero-order valence-corrected chi connectivity index (χ0v) is 15.5. The van der Waals surface area contributed by atoms with Crippen molar-refractivity contribution in [3.8, 4) is 22.6 Å². The number of guanidine groups is 1. The zero-order chi connectivity index (χ0) is 19.8. The zero-order valence-electron chi connectivity index (χ0n) is 14.7. The molecule has 0 saturated heterocycles. The van der Waals surface area contributed by atoms with E-state index in [1.807, 2.05) is 0 Å². The van der Waals surface area contributed by atoms with Crippen LogP contribution in [0.3, 0.4) is 0 Å². The molecule has 3 aromatic rings. The summed E-state index contributed by atoms with van der Waals surface area (Å²) in [7, 11) is 0.150. The molecule has 0 spiro atoms. The van der Waals surface area contributed by atoms with E-state index >= 15 is 0 Å². The van der Waals surface area contributed by atoms with Crippen LogP contribution in [0.5, 0.6) is 0 Å². The van der Waals surface area contributed by atoms with Crippen molar-refractivity contribution in [2.45, 2.75) is 6.04 Å². The third-order valence-corrected chi connectivity index (χ3v) is 5.81. The first-order chi connectivity index (χ1) is 13.4. The quantitative estimate of drug-likeness (QED) is 0.725. The maximum atomic E-state index is 14.5. The highest BCUT2D eigenvalue weighted by atomic mass is 32.2. The van der Waals surface area contributed by atoms with Gasteiger partial charge in [0, 0.05) is 18.2 Å². The third kappa shape index (κ3) is 3.38. The van der Waals surface area contributed by atoms with Gasteiger partial charge in [-0.05, 0) is 41.5 Å². The molecule has 2 heterocycles. The molecule has 2 unspecified atom stereocenters. The van der Waals surface area contributed by atoms with E-state index in [9.17, 15) is 13.0 Å². The fourth-order valence-corrected chi connectivity index (χ4v) is 3.95. The van der Waals surface area contributed by atoms with Crippen molar-refractivity contribution >= 4 is 16.9 Å². The Balaban J connectivity index is 1.77. The monoisotopic (exact) mass is 403 g/mol. The first-order valence-corrected chi connectivity index (χ1v) is 9.52. The van der Waals surface area contributed by atoms with Crippen molar-refractivity contribution in [1.29, 1.82) is 0 Å². The molecular formula is C18H15F2N5O2S. The molecule has 0 radical (unpaired) electrons. The number of halogens is 2. The standard InChI is InChI=1S/C18H15F2N5O2S/c1-25-18(21)23-16(8-28(25)26)14-7-10(2-3-15(14)20)11-4-12(6-13(19)5-11)17-24-22-9-27-17/h2-7,9,16H,8H2,1H3,(H2,21,23). The lowest BCUT2D eigenvalue weighted by molar-refractivity contribution is 0.567. The van der Waals surface area contributed by atoms with Crippen molar-refractivity contribution < 1.29 is 17.4 Å². The molecule has 28 heavy (non-hydrogen) atoms. The lowest BCUT2D eigenvalue weighted by Gasteiger charge is -2.26. The van der Waals surface area contributed by atoms with Crippen LogP contribution in [0.2, 0.25) is 0 Å². The molecule has 4 rings (SSSR count). The van der Waals surface area contributed by atoms with E-state index < -0.39 is 28.7 Å². The second-order valence-corrected chi connectivity index (χ2v) is 7.72. The van der Waals surface area contributed by atoms with Gasteiger partial charge in [-0.1, -0.05) is 6.07 Å². The van der Waals surface area contributed by atoms with Crippen LogP contribution >= 0.6 is 0 Å². The van der Waals surface area contributed by atoms with Crippen LogP contribution in [0.15, 0.2) is 52.2 Å². The van der Waals surface area contributed by atoms with E-state index in [-0.39, 0.29) is 23.2 Å². The summed E-state index contributed by atoms with van der Waals surface area (Å²) in [5.41, 5.74) is 7.49. The second kappa shape index (κ2) is 7.12. The Morgan fingerprint density at radius 2 is 1.96 bits per heavy atom. The molecule has 0 amide bonds. The van der Waals surface area contributed by atoms with Crippen molar-refractivity contribution in [3.63, 3.8) is 0 Å². The minimum atomic E-state index is -1.41. The molecule has 2 atom stereocenters. The summed E-state index contributed by atoms with van der Waals surface area (Å²) in [6.45, 7) is 0. The van der Waals surface area contributed by atoms with Crippen molar-refractivity contribution in [3.05, 3.63) is 60.0 Å². The van der Waals surface area contributed by atoms with E-state index in [2.05, 4.69) is 15.2 Å². The summed E-state index contributed by atoms with van der Waals surface area (Å²) in [6.07, 6.45) is 1.15. The highest BCUT2D eigenvalue weighted by molar-refractivity contribution is 7.83. The number of aromatic nitrogens is 2. The maximum Gasteiger partial charge on any atom is 0.247 e. The van der Waals surface area contributed by atoms with Gasteiger partial charge in [0.25, 0.3) is 0 Å². The van der Waals surface area contributed by atoms with Crippen LogP contribution in [-0.2, 0) is 11.0 Å². The van der Waals surface area contributed by atoms with Gasteiger partial charge in [-0.15, -0.1) is 10.2 Å². The Kier molecular flexibility index (Phi) is 4.63. The first kappa shape index (κ1) is 18.2. The van der Waals surface area contributed by atoms with Gasteiger partial charge in [0.05, 0.1) is 11.8 Å². The minimum absolute atomic E-state index is 0.0730. The van der Waals surface area contributed by atoms with Gasteiger partial charge in [-0.3, -0.25) is 4.31 Å². The largest absolute Gasteiger partial charge is 0.423 e. The lowest BCUT2D eigenvalue weighted by Crippen LogP contribution is -2.41. The average Bonchev–Trinajstić information content (AvgIpc) is 3.20. The average molecular weight is 403 g/mol. The Morgan fingerprint density at radius 1 is 1.18 bits per heavy atom. The first-order valence-electron chi connectivity index (χ1n) is 8.25. The van der Waals surface area contributed by atoms with Gasteiger partial charge < -0.3 is 10.2 Å². The van der Waals surface area contributed by atoms with Crippen molar-refractivity contribution in [1.82, 2.24) is 14.5 Å².